The second-order valence-electron chi connectivity index (χ2n) is 3.15. The fourth-order valence-electron chi connectivity index (χ4n) is 0.955. The lowest BCUT2D eigenvalue weighted by atomic mass is 10.1. The number of carbonyl (C=O) groups is 1. The molecule has 3 heteroatoms. The van der Waals surface area contributed by atoms with E-state index < -0.39 is 0 Å². The monoisotopic (exact) mass is 253 g/mol. The van der Waals surface area contributed by atoms with Gasteiger partial charge in [-0.15, -0.1) is 0 Å². The molecular formula is C11H12BrNO. The third kappa shape index (κ3) is 3.34. The summed E-state index contributed by atoms with van der Waals surface area (Å²) in [7, 11) is 3.76. The molecule has 0 aliphatic carbocycles. The van der Waals surface area contributed by atoms with Gasteiger partial charge in [0.15, 0.2) is 5.78 Å². The van der Waals surface area contributed by atoms with Crippen LogP contribution in [0.25, 0.3) is 0 Å². The van der Waals surface area contributed by atoms with Crippen LogP contribution < -0.4 is 0 Å². The summed E-state index contributed by atoms with van der Waals surface area (Å²) >= 11 is 3.32. The molecular weight excluding hydrogens is 242 g/mol. The zero-order chi connectivity index (χ0) is 10.6. The van der Waals surface area contributed by atoms with Crippen LogP contribution in [0.1, 0.15) is 10.4 Å². The zero-order valence-corrected chi connectivity index (χ0v) is 9.78. The average Bonchev–Trinajstić information content (AvgIpc) is 2.14. The third-order valence-corrected chi connectivity index (χ3v) is 2.13. The molecule has 0 atom stereocenters. The highest BCUT2D eigenvalue weighted by Crippen LogP contribution is 2.12. The fourth-order valence-corrected chi connectivity index (χ4v) is 1.35. The van der Waals surface area contributed by atoms with Crippen molar-refractivity contribution < 1.29 is 4.79 Å². The molecule has 0 aliphatic heterocycles. The molecule has 14 heavy (non-hydrogen) atoms. The molecule has 1 rings (SSSR count). The Morgan fingerprint density at radius 2 is 2.14 bits per heavy atom. The van der Waals surface area contributed by atoms with Gasteiger partial charge in [-0.25, -0.2) is 0 Å². The van der Waals surface area contributed by atoms with E-state index in [0.29, 0.717) is 5.56 Å². The second kappa shape index (κ2) is 4.96. The highest BCUT2D eigenvalue weighted by molar-refractivity contribution is 9.10. The molecule has 0 radical (unpaired) electrons. The maximum atomic E-state index is 11.6. The van der Waals surface area contributed by atoms with Crippen LogP contribution in [-0.2, 0) is 0 Å². The molecule has 2 nitrogen and oxygen atoms in total. The summed E-state index contributed by atoms with van der Waals surface area (Å²) in [6, 6.07) is 7.35. The smallest absolute Gasteiger partial charge is 0.187 e. The van der Waals surface area contributed by atoms with E-state index in [9.17, 15) is 4.79 Å². The van der Waals surface area contributed by atoms with Crippen LogP contribution in [0.15, 0.2) is 41.0 Å². The molecule has 0 spiro atoms. The van der Waals surface area contributed by atoms with E-state index in [4.69, 9.17) is 0 Å². The molecule has 0 aromatic heterocycles. The van der Waals surface area contributed by atoms with Gasteiger partial charge < -0.3 is 4.90 Å². The van der Waals surface area contributed by atoms with Gasteiger partial charge in [0.25, 0.3) is 0 Å². The average molecular weight is 254 g/mol. The van der Waals surface area contributed by atoms with Crippen LogP contribution in [0, 0.1) is 0 Å². The van der Waals surface area contributed by atoms with Crippen LogP contribution in [0.3, 0.4) is 0 Å². The van der Waals surface area contributed by atoms with Gasteiger partial charge in [-0.05, 0) is 12.1 Å². The standard InChI is InChI=1S/C11H12BrNO/c1-13(2)7-6-11(14)9-4-3-5-10(12)8-9/h3-8H,1-2H3/b7-6-. The van der Waals surface area contributed by atoms with Gasteiger partial charge in [0.1, 0.15) is 0 Å². The summed E-state index contributed by atoms with van der Waals surface area (Å²) in [6.07, 6.45) is 3.30. The van der Waals surface area contributed by atoms with Crippen molar-refractivity contribution in [2.75, 3.05) is 14.1 Å². The number of halogens is 1. The summed E-state index contributed by atoms with van der Waals surface area (Å²) in [5, 5.41) is 0. The fraction of sp³-hybridized carbons (Fsp3) is 0.182. The highest BCUT2D eigenvalue weighted by Gasteiger charge is 2.00. The van der Waals surface area contributed by atoms with Crippen molar-refractivity contribution in [1.82, 2.24) is 4.90 Å². The maximum Gasteiger partial charge on any atom is 0.187 e. The minimum atomic E-state index is 0.0139. The minimum absolute atomic E-state index is 0.0139. The van der Waals surface area contributed by atoms with E-state index in [2.05, 4.69) is 15.9 Å². The van der Waals surface area contributed by atoms with Gasteiger partial charge >= 0.3 is 0 Å². The van der Waals surface area contributed by atoms with E-state index >= 15 is 0 Å². The lowest BCUT2D eigenvalue weighted by molar-refractivity contribution is 0.104. The van der Waals surface area contributed by atoms with E-state index in [-0.39, 0.29) is 5.78 Å². The molecule has 1 aromatic carbocycles. The largest absolute Gasteiger partial charge is 0.383 e. The van der Waals surface area contributed by atoms with E-state index in [1.165, 1.54) is 0 Å². The van der Waals surface area contributed by atoms with Crippen LogP contribution in [0.5, 0.6) is 0 Å². The maximum absolute atomic E-state index is 11.6. The predicted molar refractivity (Wildman–Crippen MR) is 61.3 cm³/mol. The van der Waals surface area contributed by atoms with E-state index in [0.717, 1.165) is 4.47 Å². The number of hydrogen-bond donors (Lipinski definition) is 0. The lowest BCUT2D eigenvalue weighted by Gasteiger charge is -2.02. The molecule has 0 bridgehead atoms. The Morgan fingerprint density at radius 1 is 1.43 bits per heavy atom. The molecule has 0 heterocycles. The number of ketones is 1. The van der Waals surface area contributed by atoms with Crippen LogP contribution in [0.4, 0.5) is 0 Å². The summed E-state index contributed by atoms with van der Waals surface area (Å²) in [4.78, 5) is 13.4. The first-order chi connectivity index (χ1) is 6.59. The molecule has 0 saturated heterocycles. The van der Waals surface area contributed by atoms with Gasteiger partial charge in [0.05, 0.1) is 0 Å². The molecule has 0 amide bonds. The zero-order valence-electron chi connectivity index (χ0n) is 8.20. The van der Waals surface area contributed by atoms with Crippen molar-refractivity contribution in [3.63, 3.8) is 0 Å². The molecule has 0 saturated carbocycles. The lowest BCUT2D eigenvalue weighted by Crippen LogP contribution is -2.03. The normalized spacial score (nSPS) is 10.5. The molecule has 0 N–H and O–H groups in total. The van der Waals surface area contributed by atoms with Crippen molar-refractivity contribution in [3.05, 3.63) is 46.6 Å². The Bertz CT molecular complexity index is 358. The van der Waals surface area contributed by atoms with Crippen molar-refractivity contribution in [2.24, 2.45) is 0 Å². The SMILES string of the molecule is CN(C)/C=C\C(=O)c1cccc(Br)c1. The molecule has 74 valence electrons. The first-order valence-electron chi connectivity index (χ1n) is 4.24. The van der Waals surface area contributed by atoms with E-state index in [1.54, 1.807) is 18.3 Å². The van der Waals surface area contributed by atoms with E-state index in [1.807, 2.05) is 37.2 Å². The Morgan fingerprint density at radius 3 is 2.71 bits per heavy atom. The number of nitrogens with zero attached hydrogens (tertiary/aromatic N) is 1. The second-order valence-corrected chi connectivity index (χ2v) is 4.07. The summed E-state index contributed by atoms with van der Waals surface area (Å²) < 4.78 is 0.918. The number of benzene rings is 1. The third-order valence-electron chi connectivity index (χ3n) is 1.63. The van der Waals surface area contributed by atoms with Gasteiger partial charge in [-0.2, -0.15) is 0 Å². The van der Waals surface area contributed by atoms with Crippen molar-refractivity contribution >= 4 is 21.7 Å². The minimum Gasteiger partial charge on any atom is -0.383 e. The predicted octanol–water partition coefficient (Wildman–Crippen LogP) is 2.71. The first-order valence-corrected chi connectivity index (χ1v) is 5.03. The van der Waals surface area contributed by atoms with Crippen LogP contribution >= 0.6 is 15.9 Å². The van der Waals surface area contributed by atoms with Crippen molar-refractivity contribution in [3.8, 4) is 0 Å². The van der Waals surface area contributed by atoms with Crippen molar-refractivity contribution in [2.45, 2.75) is 0 Å². The number of carbonyl (C=O) groups excluding carboxylic acids is 1. The van der Waals surface area contributed by atoms with Gasteiger partial charge in [-0.3, -0.25) is 4.79 Å². The molecule has 0 fully saturated rings. The number of allylic oxidation sites excluding steroid dienone is 1. The molecule has 1 aromatic rings. The summed E-state index contributed by atoms with van der Waals surface area (Å²) in [6.45, 7) is 0. The molecule has 0 unspecified atom stereocenters. The Labute approximate surface area is 92.4 Å². The van der Waals surface area contributed by atoms with Gasteiger partial charge in [-0.1, -0.05) is 28.1 Å². The highest BCUT2D eigenvalue weighted by atomic mass is 79.9. The molecule has 0 aliphatic rings. The van der Waals surface area contributed by atoms with Crippen LogP contribution in [0.2, 0.25) is 0 Å². The van der Waals surface area contributed by atoms with Gasteiger partial charge in [0.2, 0.25) is 0 Å². The Balaban J connectivity index is 2.80. The number of rotatable bonds is 3. The van der Waals surface area contributed by atoms with Gasteiger partial charge in [0, 0.05) is 36.4 Å². The summed E-state index contributed by atoms with van der Waals surface area (Å²) in [5.74, 6) is 0.0139. The number of hydrogen-bond acceptors (Lipinski definition) is 2. The topological polar surface area (TPSA) is 20.3 Å². The Hall–Kier alpha value is -1.09. The first kappa shape index (κ1) is 11.0. The quantitative estimate of drug-likeness (QED) is 0.610. The summed E-state index contributed by atoms with van der Waals surface area (Å²) in [5.41, 5.74) is 0.692. The van der Waals surface area contributed by atoms with Crippen molar-refractivity contribution in [1.29, 1.82) is 0 Å². The Kier molecular flexibility index (Phi) is 3.89. The van der Waals surface area contributed by atoms with Crippen LogP contribution in [-0.4, -0.2) is 24.8 Å².